The van der Waals surface area contributed by atoms with Crippen LogP contribution in [0.3, 0.4) is 0 Å². The zero-order valence-corrected chi connectivity index (χ0v) is 15.9. The highest BCUT2D eigenvalue weighted by molar-refractivity contribution is 5.98. The van der Waals surface area contributed by atoms with Crippen molar-refractivity contribution >= 4 is 11.7 Å². The molecule has 0 radical (unpaired) electrons. The molecule has 7 nitrogen and oxygen atoms in total. The van der Waals surface area contributed by atoms with Crippen LogP contribution in [0.1, 0.15) is 27.2 Å². The van der Waals surface area contributed by atoms with Crippen LogP contribution in [-0.2, 0) is 24.5 Å². The molecule has 0 unspecified atom stereocenters. The van der Waals surface area contributed by atoms with Gasteiger partial charge < -0.3 is 20.5 Å². The van der Waals surface area contributed by atoms with Crippen molar-refractivity contribution < 1.29 is 18.7 Å². The maximum Gasteiger partial charge on any atom is 0.255 e. The van der Waals surface area contributed by atoms with E-state index in [9.17, 15) is 9.18 Å². The number of nitrogens with two attached hydrogens (primary N) is 1. The molecule has 2 aromatic heterocycles. The molecular formula is C21H21FN4O3. The highest BCUT2D eigenvalue weighted by Gasteiger charge is 2.11. The summed E-state index contributed by atoms with van der Waals surface area (Å²) in [7, 11) is 1.56. The molecule has 2 heterocycles. The van der Waals surface area contributed by atoms with Gasteiger partial charge in [0.25, 0.3) is 5.91 Å². The largest absolute Gasteiger partial charge is 0.473 e. The van der Waals surface area contributed by atoms with Gasteiger partial charge in [-0.05, 0) is 29.3 Å². The Hall–Kier alpha value is -3.52. The van der Waals surface area contributed by atoms with Gasteiger partial charge in [0.1, 0.15) is 12.4 Å². The third kappa shape index (κ3) is 5.73. The van der Waals surface area contributed by atoms with Gasteiger partial charge in [0.2, 0.25) is 11.8 Å². The van der Waals surface area contributed by atoms with Crippen LogP contribution in [-0.4, -0.2) is 23.0 Å². The van der Waals surface area contributed by atoms with Gasteiger partial charge in [0.15, 0.2) is 0 Å². The lowest BCUT2D eigenvalue weighted by Crippen LogP contribution is -2.24. The van der Waals surface area contributed by atoms with Crippen LogP contribution in [0.5, 0.6) is 5.88 Å². The number of rotatable bonds is 8. The summed E-state index contributed by atoms with van der Waals surface area (Å²) < 4.78 is 23.5. The maximum absolute atomic E-state index is 13.1. The highest BCUT2D eigenvalue weighted by atomic mass is 19.1. The van der Waals surface area contributed by atoms with Crippen LogP contribution < -0.4 is 15.8 Å². The number of amides is 1. The number of hydrogen-bond donors (Lipinski definition) is 2. The van der Waals surface area contributed by atoms with Crippen molar-refractivity contribution in [3.8, 4) is 5.88 Å². The summed E-state index contributed by atoms with van der Waals surface area (Å²) in [5, 5.41) is 2.82. The number of nitrogens with zero attached hydrogens (tertiary/aromatic N) is 2. The summed E-state index contributed by atoms with van der Waals surface area (Å²) in [5.74, 6) is -0.499. The number of pyridine rings is 2. The molecule has 3 rings (SSSR count). The molecule has 1 aromatic carbocycles. The van der Waals surface area contributed by atoms with Gasteiger partial charge in [-0.1, -0.05) is 30.3 Å². The second kappa shape index (κ2) is 9.61. The SMILES string of the molecule is COCc1ccc(C(=O)NCc2ccc(COc3cccc(F)n3)cc2)c(N)n1. The van der Waals surface area contributed by atoms with Gasteiger partial charge in [0.05, 0.1) is 17.9 Å². The van der Waals surface area contributed by atoms with Crippen molar-refractivity contribution in [2.45, 2.75) is 19.8 Å². The number of halogens is 1. The lowest BCUT2D eigenvalue weighted by molar-refractivity contribution is 0.0951. The predicted molar refractivity (Wildman–Crippen MR) is 106 cm³/mol. The Morgan fingerprint density at radius 3 is 2.48 bits per heavy atom. The average Bonchev–Trinajstić information content (AvgIpc) is 2.72. The monoisotopic (exact) mass is 396 g/mol. The molecule has 0 saturated carbocycles. The Morgan fingerprint density at radius 2 is 1.79 bits per heavy atom. The Balaban J connectivity index is 1.52. The van der Waals surface area contributed by atoms with E-state index >= 15 is 0 Å². The zero-order valence-electron chi connectivity index (χ0n) is 15.9. The van der Waals surface area contributed by atoms with E-state index in [1.165, 1.54) is 12.1 Å². The quantitative estimate of drug-likeness (QED) is 0.568. The minimum absolute atomic E-state index is 0.163. The molecule has 29 heavy (non-hydrogen) atoms. The summed E-state index contributed by atoms with van der Waals surface area (Å²) in [6.45, 7) is 0.932. The van der Waals surface area contributed by atoms with E-state index in [-0.39, 0.29) is 24.2 Å². The summed E-state index contributed by atoms with van der Waals surface area (Å²) in [4.78, 5) is 20.1. The molecule has 0 saturated heterocycles. The Bertz CT molecular complexity index is 980. The van der Waals surface area contributed by atoms with Crippen LogP contribution in [0.25, 0.3) is 0 Å². The zero-order chi connectivity index (χ0) is 20.6. The molecule has 0 bridgehead atoms. The molecule has 0 spiro atoms. The lowest BCUT2D eigenvalue weighted by atomic mass is 10.1. The van der Waals surface area contributed by atoms with Crippen molar-refractivity contribution in [2.24, 2.45) is 0 Å². The van der Waals surface area contributed by atoms with Gasteiger partial charge >= 0.3 is 0 Å². The molecule has 3 N–H and O–H groups in total. The molecule has 150 valence electrons. The first-order chi connectivity index (χ1) is 14.0. The third-order valence-electron chi connectivity index (χ3n) is 4.07. The number of ether oxygens (including phenoxy) is 2. The van der Waals surface area contributed by atoms with Crippen molar-refractivity contribution in [2.75, 3.05) is 12.8 Å². The number of benzene rings is 1. The standard InChI is InChI=1S/C21H21FN4O3/c1-28-13-16-9-10-17(20(23)25-16)21(27)24-11-14-5-7-15(8-6-14)12-29-19-4-2-3-18(22)26-19/h2-10H,11-13H2,1H3,(H2,23,25)(H,24,27). The van der Waals surface area contributed by atoms with Crippen molar-refractivity contribution in [1.29, 1.82) is 0 Å². The molecule has 0 aliphatic rings. The van der Waals surface area contributed by atoms with Gasteiger partial charge in [-0.25, -0.2) is 4.98 Å². The van der Waals surface area contributed by atoms with E-state index in [2.05, 4.69) is 15.3 Å². The fourth-order valence-electron chi connectivity index (χ4n) is 2.60. The summed E-state index contributed by atoms with van der Waals surface area (Å²) in [6.07, 6.45) is 0. The topological polar surface area (TPSA) is 99.4 Å². The van der Waals surface area contributed by atoms with Gasteiger partial charge in [-0.15, -0.1) is 0 Å². The Morgan fingerprint density at radius 1 is 1.03 bits per heavy atom. The normalized spacial score (nSPS) is 10.6. The first-order valence-electron chi connectivity index (χ1n) is 8.91. The van der Waals surface area contributed by atoms with Crippen LogP contribution >= 0.6 is 0 Å². The highest BCUT2D eigenvalue weighted by Crippen LogP contribution is 2.13. The van der Waals surface area contributed by atoms with Crippen LogP contribution in [0.4, 0.5) is 10.2 Å². The molecule has 1 amide bonds. The van der Waals surface area contributed by atoms with Gasteiger partial charge in [0, 0.05) is 19.7 Å². The fraction of sp³-hybridized carbons (Fsp3) is 0.190. The minimum Gasteiger partial charge on any atom is -0.473 e. The molecule has 3 aromatic rings. The summed E-state index contributed by atoms with van der Waals surface area (Å²) in [5.41, 5.74) is 8.65. The number of anilines is 1. The van der Waals surface area contributed by atoms with Crippen molar-refractivity contribution in [3.63, 3.8) is 0 Å². The molecule has 0 atom stereocenters. The van der Waals surface area contributed by atoms with Crippen LogP contribution in [0, 0.1) is 5.95 Å². The Kier molecular flexibility index (Phi) is 6.70. The summed E-state index contributed by atoms with van der Waals surface area (Å²) in [6, 6.07) is 15.2. The van der Waals surface area contributed by atoms with Crippen LogP contribution in [0.15, 0.2) is 54.6 Å². The second-order valence-corrected chi connectivity index (χ2v) is 6.25. The van der Waals surface area contributed by atoms with E-state index in [4.69, 9.17) is 15.2 Å². The smallest absolute Gasteiger partial charge is 0.255 e. The molecule has 8 heteroatoms. The Labute approximate surface area is 167 Å². The summed E-state index contributed by atoms with van der Waals surface area (Å²) >= 11 is 0. The first-order valence-corrected chi connectivity index (χ1v) is 8.91. The molecule has 0 fully saturated rings. The number of carbonyl (C=O) groups excluding carboxylic acids is 1. The van der Waals surface area contributed by atoms with E-state index in [0.29, 0.717) is 24.4 Å². The van der Waals surface area contributed by atoms with E-state index in [1.807, 2.05) is 24.3 Å². The number of hydrogen-bond acceptors (Lipinski definition) is 6. The lowest BCUT2D eigenvalue weighted by Gasteiger charge is -2.09. The van der Waals surface area contributed by atoms with E-state index in [0.717, 1.165) is 11.1 Å². The van der Waals surface area contributed by atoms with Gasteiger partial charge in [-0.3, -0.25) is 4.79 Å². The minimum atomic E-state index is -0.585. The van der Waals surface area contributed by atoms with Crippen molar-refractivity contribution in [1.82, 2.24) is 15.3 Å². The number of nitrogen functional groups attached to an aromatic ring is 1. The number of aromatic nitrogens is 2. The molecular weight excluding hydrogens is 375 g/mol. The van der Waals surface area contributed by atoms with Crippen molar-refractivity contribution in [3.05, 3.63) is 82.9 Å². The number of carbonyl (C=O) groups is 1. The number of methoxy groups -OCH3 is 1. The van der Waals surface area contributed by atoms with Gasteiger partial charge in [-0.2, -0.15) is 9.37 Å². The second-order valence-electron chi connectivity index (χ2n) is 6.25. The fourth-order valence-corrected chi connectivity index (χ4v) is 2.60. The number of nitrogens with one attached hydrogen (secondary N) is 1. The maximum atomic E-state index is 13.1. The van der Waals surface area contributed by atoms with E-state index in [1.54, 1.807) is 25.3 Å². The average molecular weight is 396 g/mol. The molecule has 0 aliphatic heterocycles. The third-order valence-corrected chi connectivity index (χ3v) is 4.07. The van der Waals surface area contributed by atoms with Crippen LogP contribution in [0.2, 0.25) is 0 Å². The first kappa shape index (κ1) is 20.2. The van der Waals surface area contributed by atoms with E-state index < -0.39 is 5.95 Å². The predicted octanol–water partition coefficient (Wildman–Crippen LogP) is 2.85. The molecule has 0 aliphatic carbocycles.